The van der Waals surface area contributed by atoms with E-state index in [2.05, 4.69) is 31.5 Å². The molecular weight excluding hydrogens is 340 g/mol. The zero-order valence-electron chi connectivity index (χ0n) is 11.8. The van der Waals surface area contributed by atoms with Crippen LogP contribution in [0.5, 0.6) is 0 Å². The van der Waals surface area contributed by atoms with Crippen LogP contribution in [0.4, 0.5) is 26.1 Å². The number of hydrogen-bond acceptors (Lipinski definition) is 3. The predicted molar refractivity (Wildman–Crippen MR) is 85.1 cm³/mol. The number of pyridine rings is 1. The molecule has 2 aromatic rings. The van der Waals surface area contributed by atoms with Crippen LogP contribution < -0.4 is 10.6 Å². The van der Waals surface area contributed by atoms with Crippen molar-refractivity contribution in [2.24, 2.45) is 0 Å². The van der Waals surface area contributed by atoms with Crippen molar-refractivity contribution in [3.8, 4) is 0 Å². The van der Waals surface area contributed by atoms with Crippen molar-refractivity contribution in [1.82, 2.24) is 4.98 Å². The van der Waals surface area contributed by atoms with E-state index in [4.69, 9.17) is 0 Å². The maximum absolute atomic E-state index is 13.9. The number of rotatable bonds is 5. The van der Waals surface area contributed by atoms with Gasteiger partial charge in [0.15, 0.2) is 23.3 Å². The van der Waals surface area contributed by atoms with Crippen molar-refractivity contribution in [2.75, 3.05) is 17.2 Å². The molecule has 6 heteroatoms. The topological polar surface area (TPSA) is 37.0 Å². The lowest BCUT2D eigenvalue weighted by Crippen LogP contribution is -2.08. The minimum atomic E-state index is -0.728. The van der Waals surface area contributed by atoms with E-state index >= 15 is 0 Å². The second-order valence-corrected chi connectivity index (χ2v) is 5.47. The van der Waals surface area contributed by atoms with Gasteiger partial charge < -0.3 is 10.6 Å². The predicted octanol–water partition coefficient (Wildman–Crippen LogP) is 5.00. The van der Waals surface area contributed by atoms with E-state index in [1.54, 1.807) is 0 Å². The molecule has 0 aliphatic heterocycles. The summed E-state index contributed by atoms with van der Waals surface area (Å²) in [6.07, 6.45) is 0.825. The van der Waals surface area contributed by atoms with Gasteiger partial charge in [-0.25, -0.2) is 13.8 Å². The Labute approximate surface area is 130 Å². The molecule has 2 rings (SSSR count). The third kappa shape index (κ3) is 3.69. The van der Waals surface area contributed by atoms with Crippen molar-refractivity contribution in [1.29, 1.82) is 0 Å². The van der Waals surface area contributed by atoms with E-state index in [-0.39, 0.29) is 11.6 Å². The quantitative estimate of drug-likeness (QED) is 0.792. The van der Waals surface area contributed by atoms with Crippen molar-refractivity contribution >= 4 is 33.3 Å². The molecule has 0 saturated heterocycles. The second kappa shape index (κ2) is 6.85. The molecule has 0 spiro atoms. The smallest absolute Gasteiger partial charge is 0.169 e. The summed E-state index contributed by atoms with van der Waals surface area (Å²) in [7, 11) is 0. The van der Waals surface area contributed by atoms with Crippen molar-refractivity contribution < 1.29 is 8.78 Å². The summed E-state index contributed by atoms with van der Waals surface area (Å²) < 4.78 is 28.4. The van der Waals surface area contributed by atoms with Gasteiger partial charge in [-0.2, -0.15) is 0 Å². The summed E-state index contributed by atoms with van der Waals surface area (Å²) in [5.41, 5.74) is 1.63. The fraction of sp³-hybridized carbons (Fsp3) is 0.267. The molecule has 0 radical (unpaired) electrons. The maximum atomic E-state index is 13.9. The van der Waals surface area contributed by atoms with E-state index in [1.165, 1.54) is 0 Å². The average molecular weight is 356 g/mol. The first-order chi connectivity index (χ1) is 10.0. The molecule has 112 valence electrons. The Bertz CT molecular complexity index is 647. The summed E-state index contributed by atoms with van der Waals surface area (Å²) in [5, 5.41) is 5.74. The molecule has 1 aromatic carbocycles. The van der Waals surface area contributed by atoms with Gasteiger partial charge >= 0.3 is 0 Å². The molecule has 2 N–H and O–H groups in total. The Morgan fingerprint density at radius 3 is 2.62 bits per heavy atom. The fourth-order valence-corrected chi connectivity index (χ4v) is 2.16. The number of benzene rings is 1. The Kier molecular flexibility index (Phi) is 5.12. The van der Waals surface area contributed by atoms with Crippen LogP contribution in [0, 0.1) is 18.6 Å². The molecule has 0 atom stereocenters. The molecule has 1 aromatic heterocycles. The largest absolute Gasteiger partial charge is 0.368 e. The van der Waals surface area contributed by atoms with Gasteiger partial charge in [-0.3, -0.25) is 0 Å². The van der Waals surface area contributed by atoms with Crippen molar-refractivity contribution in [3.05, 3.63) is 45.9 Å². The normalized spacial score (nSPS) is 10.5. The van der Waals surface area contributed by atoms with Crippen LogP contribution in [0.15, 0.2) is 28.7 Å². The van der Waals surface area contributed by atoms with Gasteiger partial charge in [-0.1, -0.05) is 28.9 Å². The summed E-state index contributed by atoms with van der Waals surface area (Å²) in [6.45, 7) is 4.42. The van der Waals surface area contributed by atoms with Gasteiger partial charge in [0.05, 0.1) is 0 Å². The van der Waals surface area contributed by atoms with Crippen LogP contribution in [-0.4, -0.2) is 11.5 Å². The first-order valence-electron chi connectivity index (χ1n) is 6.65. The van der Waals surface area contributed by atoms with Crippen LogP contribution in [0.3, 0.4) is 0 Å². The van der Waals surface area contributed by atoms with Crippen LogP contribution in [0.1, 0.15) is 18.9 Å². The molecule has 0 unspecified atom stereocenters. The van der Waals surface area contributed by atoms with Gasteiger partial charge in [0.25, 0.3) is 0 Å². The highest BCUT2D eigenvalue weighted by atomic mass is 79.9. The Balaban J connectivity index is 2.33. The monoisotopic (exact) mass is 355 g/mol. The molecule has 0 aliphatic carbocycles. The number of hydrogen-bond donors (Lipinski definition) is 2. The third-order valence-electron chi connectivity index (χ3n) is 2.99. The summed E-state index contributed by atoms with van der Waals surface area (Å²) in [5.74, 6) is -1.38. The highest BCUT2D eigenvalue weighted by Gasteiger charge is 2.13. The minimum absolute atomic E-state index is 0.00352. The molecule has 3 nitrogen and oxygen atoms in total. The third-order valence-corrected chi connectivity index (χ3v) is 3.85. The Morgan fingerprint density at radius 2 is 1.90 bits per heavy atom. The van der Waals surface area contributed by atoms with E-state index in [9.17, 15) is 8.78 Å². The van der Waals surface area contributed by atoms with E-state index < -0.39 is 11.6 Å². The lowest BCUT2D eigenvalue weighted by molar-refractivity contribution is 0.579. The first kappa shape index (κ1) is 15.7. The minimum Gasteiger partial charge on any atom is -0.368 e. The molecule has 0 aliphatic rings. The molecule has 21 heavy (non-hydrogen) atoms. The maximum Gasteiger partial charge on any atom is 0.169 e. The molecular formula is C15H16BrF2N3. The molecule has 0 fully saturated rings. The van der Waals surface area contributed by atoms with Gasteiger partial charge in [0.2, 0.25) is 0 Å². The standard InChI is InChI=1S/C15H16BrF2N3/c1-3-7-19-14-11(17)8-12(18)15(21-14)20-13-6-4-5-10(16)9(13)2/h4-6,8H,3,7H2,1-2H3,(H2,19,20,21). The number of anilines is 3. The van der Waals surface area contributed by atoms with Gasteiger partial charge in [0, 0.05) is 22.8 Å². The second-order valence-electron chi connectivity index (χ2n) is 4.61. The molecule has 0 amide bonds. The zero-order chi connectivity index (χ0) is 15.4. The van der Waals surface area contributed by atoms with Gasteiger partial charge in [0.1, 0.15) is 0 Å². The number of nitrogens with zero attached hydrogens (tertiary/aromatic N) is 1. The number of halogens is 3. The summed E-state index contributed by atoms with van der Waals surface area (Å²) >= 11 is 3.41. The van der Waals surface area contributed by atoms with Gasteiger partial charge in [-0.15, -0.1) is 0 Å². The highest BCUT2D eigenvalue weighted by molar-refractivity contribution is 9.10. The van der Waals surface area contributed by atoms with Crippen molar-refractivity contribution in [3.63, 3.8) is 0 Å². The lowest BCUT2D eigenvalue weighted by Gasteiger charge is -2.13. The summed E-state index contributed by atoms with van der Waals surface area (Å²) in [4.78, 5) is 3.99. The fourth-order valence-electron chi connectivity index (χ4n) is 1.79. The summed E-state index contributed by atoms with van der Waals surface area (Å²) in [6, 6.07) is 6.37. The van der Waals surface area contributed by atoms with E-state index in [1.807, 2.05) is 32.0 Å². The molecule has 1 heterocycles. The zero-order valence-corrected chi connectivity index (χ0v) is 13.4. The van der Waals surface area contributed by atoms with Crippen LogP contribution in [-0.2, 0) is 0 Å². The number of aromatic nitrogens is 1. The number of nitrogens with one attached hydrogen (secondary N) is 2. The first-order valence-corrected chi connectivity index (χ1v) is 7.44. The molecule has 0 bridgehead atoms. The molecule has 0 saturated carbocycles. The van der Waals surface area contributed by atoms with Crippen LogP contribution >= 0.6 is 15.9 Å². The highest BCUT2D eigenvalue weighted by Crippen LogP contribution is 2.28. The van der Waals surface area contributed by atoms with E-state index in [0.717, 1.165) is 22.5 Å². The van der Waals surface area contributed by atoms with Crippen molar-refractivity contribution in [2.45, 2.75) is 20.3 Å². The average Bonchev–Trinajstić information content (AvgIpc) is 2.45. The Morgan fingerprint density at radius 1 is 1.19 bits per heavy atom. The van der Waals surface area contributed by atoms with Gasteiger partial charge in [-0.05, 0) is 31.0 Å². The SMILES string of the molecule is CCCNc1nc(Nc2cccc(Br)c2C)c(F)cc1F. The van der Waals surface area contributed by atoms with E-state index in [0.29, 0.717) is 12.2 Å². The lowest BCUT2D eigenvalue weighted by atomic mass is 10.2. The Hall–Kier alpha value is -1.69. The van der Waals surface area contributed by atoms with Crippen LogP contribution in [0.25, 0.3) is 0 Å². The van der Waals surface area contributed by atoms with Crippen LogP contribution in [0.2, 0.25) is 0 Å².